The average molecular weight is 517 g/mol. The van der Waals surface area contributed by atoms with Crippen molar-refractivity contribution in [1.82, 2.24) is 14.5 Å². The van der Waals surface area contributed by atoms with Gasteiger partial charge in [-0.15, -0.1) is 0 Å². The van der Waals surface area contributed by atoms with Crippen molar-refractivity contribution < 1.29 is 9.90 Å². The van der Waals surface area contributed by atoms with Crippen LogP contribution in [0.25, 0.3) is 11.0 Å². The van der Waals surface area contributed by atoms with Gasteiger partial charge in [-0.05, 0) is 99.5 Å². The second-order valence-corrected chi connectivity index (χ2v) is 13.8. The summed E-state index contributed by atoms with van der Waals surface area (Å²) in [6, 6.07) is 9.22. The Morgan fingerprint density at radius 3 is 2.45 bits per heavy atom. The number of rotatable bonds is 4. The highest BCUT2D eigenvalue weighted by atomic mass is 16.4. The van der Waals surface area contributed by atoms with Crippen molar-refractivity contribution in [3.05, 3.63) is 34.6 Å². The summed E-state index contributed by atoms with van der Waals surface area (Å²) in [5.41, 5.74) is 2.20. The highest BCUT2D eigenvalue weighted by Gasteiger charge is 2.60. The Kier molecular flexibility index (Phi) is 5.12. The van der Waals surface area contributed by atoms with Gasteiger partial charge in [-0.25, -0.2) is 9.78 Å². The molecule has 3 saturated heterocycles. The van der Waals surface area contributed by atoms with Crippen molar-refractivity contribution in [3.8, 4) is 0 Å². The molecule has 8 rings (SSSR count). The second kappa shape index (κ2) is 8.30. The lowest BCUT2D eigenvalue weighted by atomic mass is 9.54. The molecule has 1 aromatic carbocycles. The maximum atomic E-state index is 14.1. The zero-order chi connectivity index (χ0) is 25.8. The number of benzene rings is 1. The van der Waals surface area contributed by atoms with Crippen molar-refractivity contribution in [3.63, 3.8) is 0 Å². The number of hydrogen-bond acceptors (Lipinski definition) is 5. The number of anilines is 1. The Labute approximate surface area is 224 Å². The standard InChI is InChI=1S/C31H40N4O3/c1-31-17-18-11-19(31)13-20(31)14-23(12-18)34-21-5-4-6-22(34)16-24(15-21)35-26-8-3-2-7-25(26)32-28(29(35)36)33-10-9-27(33)30(37)38/h2-3,7-8,18-24,27H,4-6,9-17H2,1H3,(H,37,38)/t18-,19+,20+,21-,22+,23-,24+,27-,31?/m1/s1. The SMILES string of the molecule is CC12C[C@H]3C[C@@H](N4[C@@H]5CCC[C@H]4C[C@@H](n4c(=O)c(N6CC[C@@H]6C(=O)O)nc6ccccc64)C5)C[C@@H]1C[C@@H]2C3. The van der Waals surface area contributed by atoms with Gasteiger partial charge in [0.25, 0.3) is 5.56 Å². The van der Waals surface area contributed by atoms with E-state index in [1.807, 2.05) is 28.8 Å². The number of piperidine rings is 2. The van der Waals surface area contributed by atoms with E-state index < -0.39 is 12.0 Å². The predicted octanol–water partition coefficient (Wildman–Crippen LogP) is 4.83. The molecule has 3 aliphatic carbocycles. The smallest absolute Gasteiger partial charge is 0.326 e. The van der Waals surface area contributed by atoms with Crippen LogP contribution in [0.2, 0.25) is 0 Å². The fourth-order valence-corrected chi connectivity index (χ4v) is 10.2. The first-order chi connectivity index (χ1) is 18.4. The molecule has 1 N–H and O–H groups in total. The first-order valence-corrected chi connectivity index (χ1v) is 15.2. The minimum absolute atomic E-state index is 0.105. The molecule has 0 spiro atoms. The van der Waals surface area contributed by atoms with Crippen molar-refractivity contribution in [2.45, 2.75) is 108 Å². The molecule has 2 aromatic rings. The molecule has 6 fully saturated rings. The van der Waals surface area contributed by atoms with Crippen LogP contribution in [-0.4, -0.2) is 56.2 Å². The minimum Gasteiger partial charge on any atom is -0.480 e. The number of carbonyl (C=O) groups is 1. The number of fused-ring (bicyclic) bond motifs is 4. The second-order valence-electron chi connectivity index (χ2n) is 13.8. The third-order valence-corrected chi connectivity index (χ3v) is 12.1. The van der Waals surface area contributed by atoms with Crippen LogP contribution in [0.1, 0.15) is 83.6 Å². The van der Waals surface area contributed by atoms with Crippen molar-refractivity contribution >= 4 is 22.8 Å². The van der Waals surface area contributed by atoms with Gasteiger partial charge in [0, 0.05) is 30.7 Å². The molecule has 3 aliphatic heterocycles. The topological polar surface area (TPSA) is 78.7 Å². The number of aromatic nitrogens is 2. The van der Waals surface area contributed by atoms with Crippen LogP contribution in [0.15, 0.2) is 29.1 Å². The molecule has 0 radical (unpaired) electrons. The lowest BCUT2D eigenvalue weighted by molar-refractivity contribution is -0.140. The van der Waals surface area contributed by atoms with E-state index in [9.17, 15) is 14.7 Å². The summed E-state index contributed by atoms with van der Waals surface area (Å²) >= 11 is 0. The van der Waals surface area contributed by atoms with Crippen molar-refractivity contribution in [2.75, 3.05) is 11.4 Å². The van der Waals surface area contributed by atoms with Crippen LogP contribution in [0.5, 0.6) is 0 Å². The molecule has 0 amide bonds. The summed E-state index contributed by atoms with van der Waals surface area (Å²) in [5, 5.41) is 9.66. The molecule has 6 aliphatic rings. The van der Waals surface area contributed by atoms with Gasteiger partial charge in [-0.1, -0.05) is 25.5 Å². The number of hydrogen-bond donors (Lipinski definition) is 1. The van der Waals surface area contributed by atoms with Crippen LogP contribution in [0, 0.1) is 23.2 Å². The Balaban J connectivity index is 1.13. The lowest BCUT2D eigenvalue weighted by Gasteiger charge is -2.56. The fourth-order valence-electron chi connectivity index (χ4n) is 10.2. The molecule has 202 valence electrons. The molecule has 9 atom stereocenters. The fraction of sp³-hybridized carbons (Fsp3) is 0.710. The number of para-hydroxylation sites is 2. The summed E-state index contributed by atoms with van der Waals surface area (Å²) < 4.78 is 2.02. The maximum absolute atomic E-state index is 14.1. The molecular formula is C31H40N4O3. The molecule has 4 bridgehead atoms. The molecule has 7 nitrogen and oxygen atoms in total. The molecule has 38 heavy (non-hydrogen) atoms. The highest BCUT2D eigenvalue weighted by molar-refractivity contribution is 5.81. The monoisotopic (exact) mass is 516 g/mol. The quantitative estimate of drug-likeness (QED) is 0.627. The summed E-state index contributed by atoms with van der Waals surface area (Å²) in [6.07, 6.45) is 13.5. The Bertz CT molecular complexity index is 1340. The van der Waals surface area contributed by atoms with Crippen LogP contribution < -0.4 is 10.5 Å². The lowest BCUT2D eigenvalue weighted by Crippen LogP contribution is -2.59. The van der Waals surface area contributed by atoms with Crippen LogP contribution in [0.3, 0.4) is 0 Å². The zero-order valence-corrected chi connectivity index (χ0v) is 22.5. The zero-order valence-electron chi connectivity index (χ0n) is 22.5. The maximum Gasteiger partial charge on any atom is 0.326 e. The van der Waals surface area contributed by atoms with Crippen molar-refractivity contribution in [2.24, 2.45) is 23.2 Å². The number of carboxylic acid groups (broad SMARTS) is 1. The van der Waals surface area contributed by atoms with E-state index in [4.69, 9.17) is 4.98 Å². The van der Waals surface area contributed by atoms with Gasteiger partial charge in [0.1, 0.15) is 6.04 Å². The van der Waals surface area contributed by atoms with Crippen LogP contribution in [0.4, 0.5) is 5.82 Å². The largest absolute Gasteiger partial charge is 0.480 e. The molecule has 4 heterocycles. The van der Waals surface area contributed by atoms with E-state index in [-0.39, 0.29) is 11.6 Å². The van der Waals surface area contributed by atoms with Gasteiger partial charge in [0.2, 0.25) is 0 Å². The van der Waals surface area contributed by atoms with Gasteiger partial charge < -0.3 is 14.6 Å². The van der Waals surface area contributed by atoms with E-state index in [0.29, 0.717) is 42.3 Å². The van der Waals surface area contributed by atoms with Gasteiger partial charge in [-0.2, -0.15) is 0 Å². The Morgan fingerprint density at radius 2 is 1.71 bits per heavy atom. The first-order valence-electron chi connectivity index (χ1n) is 15.2. The third kappa shape index (κ3) is 3.26. The molecule has 3 saturated carbocycles. The van der Waals surface area contributed by atoms with E-state index in [1.54, 1.807) is 4.90 Å². The molecule has 7 heteroatoms. The van der Waals surface area contributed by atoms with Crippen LogP contribution >= 0.6 is 0 Å². The van der Waals surface area contributed by atoms with Gasteiger partial charge in [0.15, 0.2) is 5.82 Å². The normalized spacial score (nSPS) is 41.9. The molecule has 1 unspecified atom stereocenters. The van der Waals surface area contributed by atoms with E-state index >= 15 is 0 Å². The Morgan fingerprint density at radius 1 is 0.947 bits per heavy atom. The first kappa shape index (κ1) is 23.5. The predicted molar refractivity (Wildman–Crippen MR) is 146 cm³/mol. The molecule has 1 aromatic heterocycles. The van der Waals surface area contributed by atoms with E-state index in [2.05, 4.69) is 11.8 Å². The van der Waals surface area contributed by atoms with Gasteiger partial charge >= 0.3 is 5.97 Å². The van der Waals surface area contributed by atoms with Gasteiger partial charge in [-0.3, -0.25) is 9.69 Å². The summed E-state index contributed by atoms with van der Waals surface area (Å²) in [6.45, 7) is 3.16. The van der Waals surface area contributed by atoms with Crippen molar-refractivity contribution in [1.29, 1.82) is 0 Å². The van der Waals surface area contributed by atoms with E-state index in [1.165, 1.54) is 51.4 Å². The van der Waals surface area contributed by atoms with Gasteiger partial charge in [0.05, 0.1) is 11.0 Å². The number of carboxylic acids is 1. The summed E-state index contributed by atoms with van der Waals surface area (Å²) in [5.74, 6) is 2.27. The summed E-state index contributed by atoms with van der Waals surface area (Å²) in [4.78, 5) is 35.2. The minimum atomic E-state index is -0.872. The third-order valence-electron chi connectivity index (χ3n) is 12.1. The number of aliphatic carboxylic acids is 1. The molecular weight excluding hydrogens is 476 g/mol. The summed E-state index contributed by atoms with van der Waals surface area (Å²) in [7, 11) is 0. The van der Waals surface area contributed by atoms with E-state index in [0.717, 1.165) is 41.6 Å². The highest BCUT2D eigenvalue weighted by Crippen LogP contribution is 2.67. The van der Waals surface area contributed by atoms with Crippen LogP contribution in [-0.2, 0) is 4.79 Å². The number of nitrogens with zero attached hydrogens (tertiary/aromatic N) is 4. The Hall–Kier alpha value is -2.41. The average Bonchev–Trinajstić information content (AvgIpc) is 3.02.